The third-order valence-electron chi connectivity index (χ3n) is 4.84. The van der Waals surface area contributed by atoms with Crippen molar-refractivity contribution in [3.8, 4) is 0 Å². The normalized spacial score (nSPS) is 47.2. The Hall–Kier alpha value is 0.240. The summed E-state index contributed by atoms with van der Waals surface area (Å²) in [7, 11) is 2.04. The maximum atomic E-state index is 11.2. The average molecular weight is 237 g/mol. The lowest BCUT2D eigenvalue weighted by molar-refractivity contribution is 0.156. The van der Waals surface area contributed by atoms with E-state index in [0.717, 1.165) is 0 Å². The van der Waals surface area contributed by atoms with Crippen LogP contribution in [0.4, 0.5) is 0 Å². The summed E-state index contributed by atoms with van der Waals surface area (Å²) in [5.41, 5.74) is 0.132. The predicted molar refractivity (Wildman–Crippen MR) is 57.8 cm³/mol. The first-order valence-electron chi connectivity index (χ1n) is 5.19. The van der Waals surface area contributed by atoms with Crippen LogP contribution >= 0.6 is 10.7 Å². The summed E-state index contributed by atoms with van der Waals surface area (Å²) in [6.45, 7) is 4.33. The van der Waals surface area contributed by atoms with Gasteiger partial charge in [-0.05, 0) is 42.4 Å². The zero-order chi connectivity index (χ0) is 10.6. The van der Waals surface area contributed by atoms with Crippen LogP contribution in [0.5, 0.6) is 0 Å². The molecule has 2 bridgehead atoms. The summed E-state index contributed by atoms with van der Waals surface area (Å²) in [5, 5.41) is 0. The second kappa shape index (κ2) is 2.88. The molecule has 0 saturated heterocycles. The molecule has 2 rings (SSSR count). The Bertz CT molecular complexity index is 341. The van der Waals surface area contributed by atoms with Crippen molar-refractivity contribution in [2.75, 3.05) is 5.75 Å². The van der Waals surface area contributed by atoms with Crippen LogP contribution in [-0.4, -0.2) is 14.2 Å². The van der Waals surface area contributed by atoms with Crippen molar-refractivity contribution in [1.29, 1.82) is 0 Å². The van der Waals surface area contributed by atoms with Gasteiger partial charge in [-0.1, -0.05) is 13.8 Å². The third kappa shape index (κ3) is 1.40. The van der Waals surface area contributed by atoms with Gasteiger partial charge in [0.1, 0.15) is 0 Å². The van der Waals surface area contributed by atoms with E-state index < -0.39 is 9.05 Å². The topological polar surface area (TPSA) is 34.1 Å². The van der Waals surface area contributed by atoms with E-state index in [2.05, 4.69) is 13.8 Å². The molecule has 0 aromatic heterocycles. The summed E-state index contributed by atoms with van der Waals surface area (Å²) in [5.74, 6) is 0.726. The van der Waals surface area contributed by atoms with Gasteiger partial charge < -0.3 is 0 Å². The van der Waals surface area contributed by atoms with E-state index in [1.54, 1.807) is 0 Å². The van der Waals surface area contributed by atoms with Gasteiger partial charge in [0.25, 0.3) is 0 Å². The van der Waals surface area contributed by atoms with E-state index in [1.165, 1.54) is 25.7 Å². The second-order valence-electron chi connectivity index (χ2n) is 5.44. The fourth-order valence-corrected chi connectivity index (χ4v) is 5.59. The molecule has 0 aromatic carbocycles. The Labute approximate surface area is 90.4 Å². The van der Waals surface area contributed by atoms with Gasteiger partial charge in [-0.3, -0.25) is 0 Å². The van der Waals surface area contributed by atoms with Crippen molar-refractivity contribution in [2.24, 2.45) is 16.7 Å². The summed E-state index contributed by atoms with van der Waals surface area (Å²) in [6.07, 6.45) is 4.69. The molecule has 4 heteroatoms. The number of halogens is 1. The van der Waals surface area contributed by atoms with Gasteiger partial charge in [0.15, 0.2) is 0 Å². The van der Waals surface area contributed by atoms with E-state index >= 15 is 0 Å². The minimum atomic E-state index is -3.36. The molecule has 0 unspecified atom stereocenters. The Morgan fingerprint density at radius 2 is 1.79 bits per heavy atom. The van der Waals surface area contributed by atoms with Crippen LogP contribution in [0.15, 0.2) is 0 Å². The van der Waals surface area contributed by atoms with Crippen LogP contribution in [0.25, 0.3) is 0 Å². The highest BCUT2D eigenvalue weighted by molar-refractivity contribution is 8.13. The molecule has 0 spiro atoms. The van der Waals surface area contributed by atoms with Gasteiger partial charge in [-0.15, -0.1) is 0 Å². The van der Waals surface area contributed by atoms with E-state index in [0.29, 0.717) is 5.92 Å². The van der Waals surface area contributed by atoms with Crippen LogP contribution in [0.2, 0.25) is 0 Å². The first-order chi connectivity index (χ1) is 6.27. The van der Waals surface area contributed by atoms with Crippen LogP contribution < -0.4 is 0 Å². The first-order valence-corrected chi connectivity index (χ1v) is 7.67. The zero-order valence-corrected chi connectivity index (χ0v) is 10.3. The van der Waals surface area contributed by atoms with Gasteiger partial charge in [0, 0.05) is 10.7 Å². The zero-order valence-electron chi connectivity index (χ0n) is 8.72. The predicted octanol–water partition coefficient (Wildman–Crippen LogP) is 2.77. The molecule has 0 radical (unpaired) electrons. The fourth-order valence-electron chi connectivity index (χ4n) is 3.61. The number of rotatable bonds is 2. The quantitative estimate of drug-likeness (QED) is 0.691. The van der Waals surface area contributed by atoms with Crippen molar-refractivity contribution in [2.45, 2.75) is 39.5 Å². The lowest BCUT2D eigenvalue weighted by Gasteiger charge is -2.37. The molecule has 0 aliphatic heterocycles. The van der Waals surface area contributed by atoms with Crippen molar-refractivity contribution < 1.29 is 8.42 Å². The molecule has 0 N–H and O–H groups in total. The van der Waals surface area contributed by atoms with E-state index in [9.17, 15) is 8.42 Å². The molecule has 2 nitrogen and oxygen atoms in total. The SMILES string of the molecule is CC12CCC(CC1)[C@@]2(C)CS(=O)(=O)Cl. The Morgan fingerprint density at radius 1 is 1.29 bits per heavy atom. The Balaban J connectivity index is 2.32. The smallest absolute Gasteiger partial charge is 0.212 e. The Morgan fingerprint density at radius 3 is 2.07 bits per heavy atom. The monoisotopic (exact) mass is 236 g/mol. The molecule has 0 aromatic rings. The largest absolute Gasteiger partial charge is 0.233 e. The minimum Gasteiger partial charge on any atom is -0.212 e. The molecule has 2 aliphatic carbocycles. The second-order valence-corrected chi connectivity index (χ2v) is 8.21. The summed E-state index contributed by atoms with van der Waals surface area (Å²) in [6, 6.07) is 0. The molecule has 82 valence electrons. The van der Waals surface area contributed by atoms with Gasteiger partial charge in [0.05, 0.1) is 5.75 Å². The molecule has 2 fully saturated rings. The molecule has 14 heavy (non-hydrogen) atoms. The summed E-state index contributed by atoms with van der Waals surface area (Å²) >= 11 is 0. The van der Waals surface area contributed by atoms with Crippen molar-refractivity contribution >= 4 is 19.7 Å². The van der Waals surface area contributed by atoms with E-state index in [1.807, 2.05) is 0 Å². The van der Waals surface area contributed by atoms with Crippen molar-refractivity contribution in [1.82, 2.24) is 0 Å². The Kier molecular flexibility index (Phi) is 2.21. The van der Waals surface area contributed by atoms with Crippen LogP contribution in [0.3, 0.4) is 0 Å². The fraction of sp³-hybridized carbons (Fsp3) is 1.00. The lowest BCUT2D eigenvalue weighted by atomic mass is 9.71. The standard InChI is InChI=1S/C10H17ClO2S/c1-9-5-3-8(4-6-9)10(9,2)7-14(11,12)13/h8H,3-7H2,1-2H3/t8?,9?,10-/m1/s1. The molecule has 1 atom stereocenters. The van der Waals surface area contributed by atoms with E-state index in [4.69, 9.17) is 10.7 Å². The van der Waals surface area contributed by atoms with Gasteiger partial charge >= 0.3 is 0 Å². The van der Waals surface area contributed by atoms with Gasteiger partial charge in [-0.2, -0.15) is 0 Å². The molecule has 2 aliphatic rings. The highest BCUT2D eigenvalue weighted by Gasteiger charge is 2.59. The maximum Gasteiger partial charge on any atom is 0.233 e. The number of fused-ring (bicyclic) bond motifs is 2. The summed E-state index contributed by atoms with van der Waals surface area (Å²) < 4.78 is 22.4. The van der Waals surface area contributed by atoms with Crippen LogP contribution in [0, 0.1) is 16.7 Å². The molecule has 2 saturated carbocycles. The van der Waals surface area contributed by atoms with Crippen molar-refractivity contribution in [3.63, 3.8) is 0 Å². The van der Waals surface area contributed by atoms with Gasteiger partial charge in [0.2, 0.25) is 9.05 Å². The maximum absolute atomic E-state index is 11.2. The number of hydrogen-bond acceptors (Lipinski definition) is 2. The van der Waals surface area contributed by atoms with Gasteiger partial charge in [-0.25, -0.2) is 8.42 Å². The molecular formula is C10H17ClO2S. The highest BCUT2D eigenvalue weighted by atomic mass is 35.7. The molecule has 0 amide bonds. The van der Waals surface area contributed by atoms with Crippen LogP contribution in [0.1, 0.15) is 39.5 Å². The molecule has 0 heterocycles. The first kappa shape index (κ1) is 10.7. The number of hydrogen-bond donors (Lipinski definition) is 0. The van der Waals surface area contributed by atoms with Crippen LogP contribution in [-0.2, 0) is 9.05 Å². The lowest BCUT2D eigenvalue weighted by Crippen LogP contribution is -2.36. The minimum absolute atomic E-state index is 0.0758. The van der Waals surface area contributed by atoms with E-state index in [-0.39, 0.29) is 16.6 Å². The third-order valence-corrected chi connectivity index (χ3v) is 6.11. The highest BCUT2D eigenvalue weighted by Crippen LogP contribution is 2.66. The average Bonchev–Trinajstić information content (AvgIpc) is 2.34. The summed E-state index contributed by atoms with van der Waals surface area (Å²) in [4.78, 5) is 0. The van der Waals surface area contributed by atoms with Crippen molar-refractivity contribution in [3.05, 3.63) is 0 Å². The molecular weight excluding hydrogens is 220 g/mol.